The number of pyridine rings is 1. The average molecular weight is 384 g/mol. The van der Waals surface area contributed by atoms with Crippen molar-refractivity contribution in [3.05, 3.63) is 71.8 Å². The van der Waals surface area contributed by atoms with E-state index in [2.05, 4.69) is 6.92 Å². The number of carboxylic acids is 1. The van der Waals surface area contributed by atoms with E-state index in [1.165, 1.54) is 0 Å². The van der Waals surface area contributed by atoms with Crippen LogP contribution >= 0.6 is 0 Å². The topological polar surface area (TPSA) is 62.2 Å². The summed E-state index contributed by atoms with van der Waals surface area (Å²) in [6.07, 6.45) is 1.98. The molecule has 0 amide bonds. The molecule has 0 bridgehead atoms. The molecule has 0 aliphatic carbocycles. The Morgan fingerprint density at radius 3 is 2.66 bits per heavy atom. The third kappa shape index (κ3) is 3.66. The van der Waals surface area contributed by atoms with E-state index in [-0.39, 0.29) is 5.56 Å². The molecule has 1 aromatic heterocycles. The van der Waals surface area contributed by atoms with Crippen molar-refractivity contribution in [1.29, 1.82) is 0 Å². The Balaban J connectivity index is 2.00. The number of carbonyl (C=O) groups excluding carboxylic acids is 1. The minimum atomic E-state index is -1.21. The summed E-state index contributed by atoms with van der Waals surface area (Å²) in [6, 6.07) is 19.2. The summed E-state index contributed by atoms with van der Waals surface area (Å²) in [5, 5.41) is 14.5. The van der Waals surface area contributed by atoms with E-state index in [0.29, 0.717) is 29.0 Å². The molecule has 0 fully saturated rings. The fourth-order valence-corrected chi connectivity index (χ4v) is 3.60. The van der Waals surface area contributed by atoms with Gasteiger partial charge in [0.2, 0.25) is 0 Å². The molecule has 0 radical (unpaired) electrons. The minimum absolute atomic E-state index is 0.140. The lowest BCUT2D eigenvalue weighted by Gasteiger charge is -2.16. The summed E-state index contributed by atoms with van der Waals surface area (Å²) in [4.78, 5) is 16.7. The fraction of sp³-hybridized carbons (Fsp3) is 0.200. The molecule has 146 valence electrons. The Morgan fingerprint density at radius 1 is 1.03 bits per heavy atom. The Labute approximate surface area is 169 Å². The van der Waals surface area contributed by atoms with E-state index >= 15 is 0 Å². The molecule has 0 spiro atoms. The average Bonchev–Trinajstić information content (AvgIpc) is 2.73. The van der Waals surface area contributed by atoms with Gasteiger partial charge in [-0.2, -0.15) is 0 Å². The van der Waals surface area contributed by atoms with Gasteiger partial charge in [0.1, 0.15) is 5.75 Å². The Bertz CT molecular complexity index is 1210. The SMILES string of the molecule is CCCCOc1ccc2ccccc2c1-c1cc(C(=O)[O-])c2cc(C)ccc2n1. The molecule has 29 heavy (non-hydrogen) atoms. The number of fused-ring (bicyclic) bond motifs is 2. The van der Waals surface area contributed by atoms with Gasteiger partial charge in [-0.1, -0.05) is 55.3 Å². The van der Waals surface area contributed by atoms with Crippen molar-refractivity contribution in [1.82, 2.24) is 4.98 Å². The monoisotopic (exact) mass is 384 g/mol. The van der Waals surface area contributed by atoms with Crippen molar-refractivity contribution in [2.45, 2.75) is 26.7 Å². The van der Waals surface area contributed by atoms with Gasteiger partial charge < -0.3 is 14.6 Å². The number of ether oxygens (including phenoxy) is 1. The Hall–Kier alpha value is -3.40. The van der Waals surface area contributed by atoms with Crippen molar-refractivity contribution in [3.63, 3.8) is 0 Å². The number of carboxylic acid groups (broad SMARTS) is 1. The number of unbranched alkanes of at least 4 members (excludes halogenated alkanes) is 1. The van der Waals surface area contributed by atoms with Gasteiger partial charge in [-0.25, -0.2) is 4.98 Å². The number of hydrogen-bond donors (Lipinski definition) is 0. The van der Waals surface area contributed by atoms with Crippen molar-refractivity contribution in [3.8, 4) is 17.0 Å². The number of aromatic carboxylic acids is 1. The molecule has 1 heterocycles. The van der Waals surface area contributed by atoms with E-state index in [0.717, 1.165) is 34.7 Å². The molecular formula is C25H22NO3-. The van der Waals surface area contributed by atoms with E-state index < -0.39 is 5.97 Å². The zero-order valence-corrected chi connectivity index (χ0v) is 16.6. The van der Waals surface area contributed by atoms with E-state index in [9.17, 15) is 9.90 Å². The van der Waals surface area contributed by atoms with Crippen molar-refractivity contribution in [2.24, 2.45) is 0 Å². The molecule has 4 aromatic rings. The van der Waals surface area contributed by atoms with Crippen LogP contribution in [0.1, 0.15) is 35.7 Å². The Morgan fingerprint density at radius 2 is 1.86 bits per heavy atom. The van der Waals surface area contributed by atoms with Crippen LogP contribution in [0.15, 0.2) is 60.7 Å². The molecular weight excluding hydrogens is 362 g/mol. The summed E-state index contributed by atoms with van der Waals surface area (Å²) in [5.74, 6) is -0.502. The van der Waals surface area contributed by atoms with Gasteiger partial charge in [0.15, 0.2) is 0 Å². The van der Waals surface area contributed by atoms with Crippen LogP contribution in [0, 0.1) is 6.92 Å². The summed E-state index contributed by atoms with van der Waals surface area (Å²) >= 11 is 0. The molecule has 0 N–H and O–H groups in total. The maximum atomic E-state index is 11.9. The van der Waals surface area contributed by atoms with Crippen LogP contribution < -0.4 is 9.84 Å². The minimum Gasteiger partial charge on any atom is -0.545 e. The summed E-state index contributed by atoms with van der Waals surface area (Å²) in [6.45, 7) is 4.64. The predicted octanol–water partition coefficient (Wildman–Crippen LogP) is 4.91. The maximum absolute atomic E-state index is 11.9. The molecule has 0 aliphatic rings. The summed E-state index contributed by atoms with van der Waals surface area (Å²) < 4.78 is 6.07. The van der Waals surface area contributed by atoms with Gasteiger partial charge in [-0.15, -0.1) is 0 Å². The quantitative estimate of drug-likeness (QED) is 0.443. The highest BCUT2D eigenvalue weighted by atomic mass is 16.5. The second-order valence-corrected chi connectivity index (χ2v) is 7.22. The first-order chi connectivity index (χ1) is 14.1. The lowest BCUT2D eigenvalue weighted by Crippen LogP contribution is -2.22. The molecule has 4 nitrogen and oxygen atoms in total. The second kappa shape index (κ2) is 7.92. The highest BCUT2D eigenvalue weighted by Crippen LogP contribution is 2.38. The van der Waals surface area contributed by atoms with Crippen LogP contribution in [-0.4, -0.2) is 17.6 Å². The smallest absolute Gasteiger partial charge is 0.129 e. The number of benzene rings is 3. The molecule has 4 heteroatoms. The van der Waals surface area contributed by atoms with Crippen LogP contribution in [0.3, 0.4) is 0 Å². The lowest BCUT2D eigenvalue weighted by atomic mass is 9.97. The molecule has 0 saturated carbocycles. The molecule has 0 atom stereocenters. The number of rotatable bonds is 6. The molecule has 0 saturated heterocycles. The molecule has 4 rings (SSSR count). The van der Waals surface area contributed by atoms with Gasteiger partial charge in [0, 0.05) is 10.9 Å². The molecule has 0 unspecified atom stereocenters. The first-order valence-corrected chi connectivity index (χ1v) is 9.86. The third-order valence-corrected chi connectivity index (χ3v) is 5.09. The van der Waals surface area contributed by atoms with E-state index in [1.54, 1.807) is 6.07 Å². The lowest BCUT2D eigenvalue weighted by molar-refractivity contribution is -0.254. The van der Waals surface area contributed by atoms with Crippen molar-refractivity contribution < 1.29 is 14.6 Å². The van der Waals surface area contributed by atoms with E-state index in [4.69, 9.17) is 9.72 Å². The van der Waals surface area contributed by atoms with Crippen molar-refractivity contribution in [2.75, 3.05) is 6.61 Å². The largest absolute Gasteiger partial charge is 0.545 e. The Kier molecular flexibility index (Phi) is 5.17. The standard InChI is InChI=1S/C25H23NO3/c1-3-4-13-29-23-12-10-17-7-5-6-8-18(17)24(23)22-15-20(25(27)28)19-14-16(2)9-11-21(19)26-22/h5-12,14-15H,3-4,13H2,1-2H3,(H,27,28)/p-1. The second-order valence-electron chi connectivity index (χ2n) is 7.22. The van der Waals surface area contributed by atoms with Crippen LogP contribution in [0.2, 0.25) is 0 Å². The van der Waals surface area contributed by atoms with Crippen LogP contribution in [0.4, 0.5) is 0 Å². The summed E-state index contributed by atoms with van der Waals surface area (Å²) in [7, 11) is 0. The number of aryl methyl sites for hydroxylation is 1. The zero-order chi connectivity index (χ0) is 20.4. The number of carbonyl (C=O) groups is 1. The fourth-order valence-electron chi connectivity index (χ4n) is 3.60. The first-order valence-electron chi connectivity index (χ1n) is 9.86. The number of hydrogen-bond acceptors (Lipinski definition) is 4. The van der Waals surface area contributed by atoms with Gasteiger partial charge >= 0.3 is 0 Å². The first kappa shape index (κ1) is 18.9. The van der Waals surface area contributed by atoms with Gasteiger partial charge in [0.05, 0.1) is 29.4 Å². The maximum Gasteiger partial charge on any atom is 0.129 e. The zero-order valence-electron chi connectivity index (χ0n) is 16.6. The number of aromatic nitrogens is 1. The van der Waals surface area contributed by atoms with Crippen LogP contribution in [-0.2, 0) is 0 Å². The number of nitrogens with zero attached hydrogens (tertiary/aromatic N) is 1. The van der Waals surface area contributed by atoms with E-state index in [1.807, 2.05) is 61.5 Å². The van der Waals surface area contributed by atoms with Gasteiger partial charge in [-0.05, 0) is 48.4 Å². The highest BCUT2D eigenvalue weighted by Gasteiger charge is 2.16. The normalized spacial score (nSPS) is 11.1. The third-order valence-electron chi connectivity index (χ3n) is 5.09. The van der Waals surface area contributed by atoms with Crippen LogP contribution in [0.25, 0.3) is 32.9 Å². The van der Waals surface area contributed by atoms with Gasteiger partial charge in [-0.3, -0.25) is 0 Å². The van der Waals surface area contributed by atoms with Crippen LogP contribution in [0.5, 0.6) is 5.75 Å². The summed E-state index contributed by atoms with van der Waals surface area (Å²) in [5.41, 5.74) is 3.12. The predicted molar refractivity (Wildman–Crippen MR) is 114 cm³/mol. The van der Waals surface area contributed by atoms with Crippen molar-refractivity contribution >= 4 is 27.6 Å². The van der Waals surface area contributed by atoms with Gasteiger partial charge in [0.25, 0.3) is 0 Å². The molecule has 0 aliphatic heterocycles. The molecule has 3 aromatic carbocycles. The highest BCUT2D eigenvalue weighted by molar-refractivity contribution is 6.05.